The van der Waals surface area contributed by atoms with Gasteiger partial charge in [-0.15, -0.1) is 11.6 Å². The van der Waals surface area contributed by atoms with Gasteiger partial charge in [0.15, 0.2) is 11.5 Å². The molecule has 0 aliphatic heterocycles. The third kappa shape index (κ3) is 2.96. The smallest absolute Gasteiger partial charge is 0.162 e. The number of ether oxygens (including phenoxy) is 2. The van der Waals surface area contributed by atoms with Crippen molar-refractivity contribution in [3.63, 3.8) is 0 Å². The molecule has 0 bridgehead atoms. The summed E-state index contributed by atoms with van der Waals surface area (Å²) < 4.78 is 10.4. The van der Waals surface area contributed by atoms with E-state index in [1.807, 2.05) is 6.07 Å². The predicted molar refractivity (Wildman–Crippen MR) is 68.3 cm³/mol. The van der Waals surface area contributed by atoms with Crippen LogP contribution >= 0.6 is 23.2 Å². The van der Waals surface area contributed by atoms with Crippen molar-refractivity contribution < 1.29 is 9.47 Å². The van der Waals surface area contributed by atoms with E-state index in [0.717, 1.165) is 12.0 Å². The van der Waals surface area contributed by atoms with Gasteiger partial charge in [-0.1, -0.05) is 18.5 Å². The molecule has 1 aromatic carbocycles. The molecule has 0 saturated carbocycles. The lowest BCUT2D eigenvalue weighted by Crippen LogP contribution is -1.98. The standard InChI is InChI=1S/C12H16Cl2O2/c1-8(4-5-13)9-6-11(15-2)12(16-3)7-10(9)14/h6-8H,4-5H2,1-3H3. The van der Waals surface area contributed by atoms with Crippen LogP contribution in [0.4, 0.5) is 0 Å². The maximum absolute atomic E-state index is 6.19. The largest absolute Gasteiger partial charge is 0.493 e. The average molecular weight is 263 g/mol. The van der Waals surface area contributed by atoms with Gasteiger partial charge >= 0.3 is 0 Å². The molecule has 90 valence electrons. The minimum absolute atomic E-state index is 0.310. The highest BCUT2D eigenvalue weighted by Crippen LogP contribution is 2.37. The molecule has 0 amide bonds. The molecular weight excluding hydrogens is 247 g/mol. The Hall–Kier alpha value is -0.600. The van der Waals surface area contributed by atoms with Crippen molar-refractivity contribution in [2.24, 2.45) is 0 Å². The maximum Gasteiger partial charge on any atom is 0.162 e. The van der Waals surface area contributed by atoms with Crippen LogP contribution in [0.2, 0.25) is 5.02 Å². The molecule has 0 saturated heterocycles. The normalized spacial score (nSPS) is 12.3. The zero-order valence-electron chi connectivity index (χ0n) is 9.72. The molecule has 0 N–H and O–H groups in total. The Bertz CT molecular complexity index is 353. The number of hydrogen-bond acceptors (Lipinski definition) is 2. The van der Waals surface area contributed by atoms with Crippen LogP contribution in [0, 0.1) is 0 Å². The van der Waals surface area contributed by atoms with E-state index in [2.05, 4.69) is 6.92 Å². The van der Waals surface area contributed by atoms with Crippen molar-refractivity contribution >= 4 is 23.2 Å². The lowest BCUT2D eigenvalue weighted by molar-refractivity contribution is 0.354. The van der Waals surface area contributed by atoms with Gasteiger partial charge < -0.3 is 9.47 Å². The summed E-state index contributed by atoms with van der Waals surface area (Å²) in [7, 11) is 3.21. The van der Waals surface area contributed by atoms with Crippen LogP contribution in [0.25, 0.3) is 0 Å². The van der Waals surface area contributed by atoms with Gasteiger partial charge in [0.1, 0.15) is 0 Å². The van der Waals surface area contributed by atoms with Gasteiger partial charge in [0.05, 0.1) is 14.2 Å². The summed E-state index contributed by atoms with van der Waals surface area (Å²) in [5, 5.41) is 0.690. The van der Waals surface area contributed by atoms with Gasteiger partial charge in [-0.25, -0.2) is 0 Å². The first-order chi connectivity index (χ1) is 7.63. The molecule has 0 heterocycles. The van der Waals surface area contributed by atoms with E-state index in [1.54, 1.807) is 20.3 Å². The highest BCUT2D eigenvalue weighted by Gasteiger charge is 2.14. The second-order valence-corrected chi connectivity index (χ2v) is 4.39. The molecule has 16 heavy (non-hydrogen) atoms. The Morgan fingerprint density at radius 1 is 1.19 bits per heavy atom. The SMILES string of the molecule is COc1cc(Cl)c(C(C)CCCl)cc1OC. The fourth-order valence-electron chi connectivity index (χ4n) is 1.57. The average Bonchev–Trinajstić information content (AvgIpc) is 2.28. The quantitative estimate of drug-likeness (QED) is 0.745. The molecule has 0 spiro atoms. The number of benzene rings is 1. The second-order valence-electron chi connectivity index (χ2n) is 3.61. The lowest BCUT2D eigenvalue weighted by atomic mass is 9.98. The third-order valence-corrected chi connectivity index (χ3v) is 3.12. The van der Waals surface area contributed by atoms with Gasteiger partial charge in [-0.2, -0.15) is 0 Å². The van der Waals surface area contributed by atoms with Crippen molar-refractivity contribution in [2.75, 3.05) is 20.1 Å². The molecule has 4 heteroatoms. The van der Waals surface area contributed by atoms with Crippen LogP contribution in [0.5, 0.6) is 11.5 Å². The van der Waals surface area contributed by atoms with Crippen LogP contribution in [0.15, 0.2) is 12.1 Å². The van der Waals surface area contributed by atoms with Gasteiger partial charge in [0, 0.05) is 17.0 Å². The number of methoxy groups -OCH3 is 2. The fourth-order valence-corrected chi connectivity index (χ4v) is 2.23. The number of rotatable bonds is 5. The monoisotopic (exact) mass is 262 g/mol. The molecule has 1 unspecified atom stereocenters. The minimum atomic E-state index is 0.310. The fraction of sp³-hybridized carbons (Fsp3) is 0.500. The van der Waals surface area contributed by atoms with Crippen molar-refractivity contribution in [2.45, 2.75) is 19.3 Å². The van der Waals surface area contributed by atoms with Crippen LogP contribution in [0.3, 0.4) is 0 Å². The van der Waals surface area contributed by atoms with Gasteiger partial charge in [-0.3, -0.25) is 0 Å². The van der Waals surface area contributed by atoms with Gasteiger partial charge in [0.2, 0.25) is 0 Å². The summed E-state index contributed by atoms with van der Waals surface area (Å²) in [4.78, 5) is 0. The molecule has 1 aromatic rings. The number of halogens is 2. The van der Waals surface area contributed by atoms with E-state index in [0.29, 0.717) is 28.3 Å². The van der Waals surface area contributed by atoms with E-state index in [4.69, 9.17) is 32.7 Å². The van der Waals surface area contributed by atoms with Crippen molar-refractivity contribution in [3.05, 3.63) is 22.7 Å². The first-order valence-corrected chi connectivity index (χ1v) is 6.02. The van der Waals surface area contributed by atoms with E-state index in [-0.39, 0.29) is 0 Å². The molecule has 2 nitrogen and oxygen atoms in total. The summed E-state index contributed by atoms with van der Waals surface area (Å²) in [6, 6.07) is 3.69. The molecule has 0 radical (unpaired) electrons. The summed E-state index contributed by atoms with van der Waals surface area (Å²) in [5.41, 5.74) is 1.04. The molecule has 0 fully saturated rings. The zero-order valence-corrected chi connectivity index (χ0v) is 11.2. The summed E-state index contributed by atoms with van der Waals surface area (Å²) >= 11 is 11.9. The molecular formula is C12H16Cl2O2. The summed E-state index contributed by atoms with van der Waals surface area (Å²) in [6.45, 7) is 2.09. The molecule has 1 atom stereocenters. The molecule has 0 aromatic heterocycles. The number of hydrogen-bond donors (Lipinski definition) is 0. The summed E-state index contributed by atoms with van der Waals surface area (Å²) in [5.74, 6) is 2.27. The Morgan fingerprint density at radius 2 is 1.75 bits per heavy atom. The Kier molecular flexibility index (Phi) is 5.23. The highest BCUT2D eigenvalue weighted by atomic mass is 35.5. The predicted octanol–water partition coefficient (Wildman–Crippen LogP) is 4.09. The lowest BCUT2D eigenvalue weighted by Gasteiger charge is -2.15. The molecule has 0 aliphatic rings. The Labute approximate surface area is 106 Å². The minimum Gasteiger partial charge on any atom is -0.493 e. The van der Waals surface area contributed by atoms with Gasteiger partial charge in [-0.05, 0) is 24.0 Å². The van der Waals surface area contributed by atoms with Crippen LogP contribution in [0.1, 0.15) is 24.8 Å². The van der Waals surface area contributed by atoms with E-state index in [1.165, 1.54) is 0 Å². The highest BCUT2D eigenvalue weighted by molar-refractivity contribution is 6.31. The van der Waals surface area contributed by atoms with E-state index >= 15 is 0 Å². The van der Waals surface area contributed by atoms with Crippen molar-refractivity contribution in [1.29, 1.82) is 0 Å². The molecule has 0 aliphatic carbocycles. The first kappa shape index (κ1) is 13.5. The van der Waals surface area contributed by atoms with Crippen LogP contribution < -0.4 is 9.47 Å². The molecule has 1 rings (SSSR count). The second kappa shape index (κ2) is 6.21. The Balaban J connectivity index is 3.10. The van der Waals surface area contributed by atoms with Crippen LogP contribution in [-0.2, 0) is 0 Å². The third-order valence-electron chi connectivity index (χ3n) is 2.58. The van der Waals surface area contributed by atoms with E-state index < -0.39 is 0 Å². The zero-order chi connectivity index (χ0) is 12.1. The topological polar surface area (TPSA) is 18.5 Å². The van der Waals surface area contributed by atoms with Crippen molar-refractivity contribution in [3.8, 4) is 11.5 Å². The first-order valence-electron chi connectivity index (χ1n) is 5.11. The van der Waals surface area contributed by atoms with Gasteiger partial charge in [0.25, 0.3) is 0 Å². The van der Waals surface area contributed by atoms with Crippen molar-refractivity contribution in [1.82, 2.24) is 0 Å². The van der Waals surface area contributed by atoms with E-state index in [9.17, 15) is 0 Å². The Morgan fingerprint density at radius 3 is 2.25 bits per heavy atom. The maximum atomic E-state index is 6.19. The van der Waals surface area contributed by atoms with Crippen LogP contribution in [-0.4, -0.2) is 20.1 Å². The summed E-state index contributed by atoms with van der Waals surface area (Å²) in [6.07, 6.45) is 0.886. The number of alkyl halides is 1.